The molecule has 1 aliphatic heterocycles. The quantitative estimate of drug-likeness (QED) is 0.333. The van der Waals surface area contributed by atoms with Crippen molar-refractivity contribution >= 4 is 23.2 Å². The molecule has 1 aliphatic rings. The first-order chi connectivity index (χ1) is 16.2. The molecule has 0 amide bonds. The third-order valence-corrected chi connectivity index (χ3v) is 5.47. The van der Waals surface area contributed by atoms with E-state index in [1.165, 1.54) is 0 Å². The minimum atomic E-state index is 0.465. The maximum atomic E-state index is 5.55. The average Bonchev–Trinajstić information content (AvgIpc) is 3.23. The number of nitrogens with zero attached hydrogens (tertiary/aromatic N) is 7. The Labute approximate surface area is 191 Å². The third-order valence-electron chi connectivity index (χ3n) is 5.47. The van der Waals surface area contributed by atoms with Crippen molar-refractivity contribution in [1.82, 2.24) is 24.5 Å². The zero-order chi connectivity index (χ0) is 22.6. The molecule has 4 heterocycles. The molecule has 9 nitrogen and oxygen atoms in total. The number of aryl methyl sites for hydroxylation is 2. The molecule has 5 rings (SSSR count). The van der Waals surface area contributed by atoms with Gasteiger partial charge in [-0.2, -0.15) is 0 Å². The van der Waals surface area contributed by atoms with Crippen LogP contribution in [-0.4, -0.2) is 57.0 Å². The molecule has 0 saturated carbocycles. The smallest absolute Gasteiger partial charge is 0.178 e. The number of fused-ring (bicyclic) bond motifs is 1. The molecule has 1 saturated heterocycles. The van der Waals surface area contributed by atoms with Crippen LogP contribution in [0.4, 0.5) is 5.82 Å². The number of hydrogen-bond donors (Lipinski definition) is 0. The highest BCUT2D eigenvalue weighted by atomic mass is 16.6. The van der Waals surface area contributed by atoms with Gasteiger partial charge in [0.1, 0.15) is 12.0 Å². The summed E-state index contributed by atoms with van der Waals surface area (Å²) in [4.78, 5) is 26.4. The molecule has 1 fully saturated rings. The number of rotatable bonds is 6. The molecular weight excluding hydrogens is 418 g/mol. The number of morpholine rings is 1. The molecule has 0 bridgehead atoms. The second-order valence-corrected chi connectivity index (χ2v) is 7.73. The summed E-state index contributed by atoms with van der Waals surface area (Å²) < 4.78 is 7.63. The van der Waals surface area contributed by atoms with Gasteiger partial charge in [0.05, 0.1) is 13.2 Å². The molecule has 0 atom stereocenters. The summed E-state index contributed by atoms with van der Waals surface area (Å²) in [6, 6.07) is 11.6. The zero-order valence-electron chi connectivity index (χ0n) is 18.7. The number of hydrogen-bond acceptors (Lipinski definition) is 8. The summed E-state index contributed by atoms with van der Waals surface area (Å²) in [6.07, 6.45) is 5.08. The maximum absolute atomic E-state index is 5.55. The predicted molar refractivity (Wildman–Crippen MR) is 127 cm³/mol. The van der Waals surface area contributed by atoms with Crippen LogP contribution in [0.15, 0.2) is 53.9 Å². The first-order valence-electron chi connectivity index (χ1n) is 11.0. The van der Waals surface area contributed by atoms with Crippen LogP contribution < -0.4 is 9.74 Å². The van der Waals surface area contributed by atoms with E-state index in [0.29, 0.717) is 31.3 Å². The van der Waals surface area contributed by atoms with E-state index in [2.05, 4.69) is 26.5 Å². The fourth-order valence-corrected chi connectivity index (χ4v) is 3.88. The first kappa shape index (κ1) is 21.0. The van der Waals surface area contributed by atoms with Crippen LogP contribution >= 0.6 is 0 Å². The van der Waals surface area contributed by atoms with Gasteiger partial charge in [-0.1, -0.05) is 17.3 Å². The van der Waals surface area contributed by atoms with E-state index in [1.807, 2.05) is 43.3 Å². The number of imidazole rings is 1. The van der Waals surface area contributed by atoms with Crippen molar-refractivity contribution in [2.24, 2.45) is 5.16 Å². The van der Waals surface area contributed by atoms with Gasteiger partial charge in [0.15, 0.2) is 28.6 Å². The number of anilines is 1. The lowest BCUT2D eigenvalue weighted by atomic mass is 10.2. The summed E-state index contributed by atoms with van der Waals surface area (Å²) in [5.41, 5.74) is 3.61. The molecule has 0 radical (unpaired) electrons. The highest BCUT2D eigenvalue weighted by Crippen LogP contribution is 2.29. The number of aromatic nitrogens is 5. The molecule has 9 heteroatoms. The van der Waals surface area contributed by atoms with E-state index >= 15 is 0 Å². The van der Waals surface area contributed by atoms with Crippen LogP contribution in [0.1, 0.15) is 18.3 Å². The second-order valence-electron chi connectivity index (χ2n) is 7.73. The van der Waals surface area contributed by atoms with Gasteiger partial charge in [-0.25, -0.2) is 15.0 Å². The molecule has 1 aromatic carbocycles. The third kappa shape index (κ3) is 4.40. The second kappa shape index (κ2) is 9.33. The van der Waals surface area contributed by atoms with Gasteiger partial charge in [-0.3, -0.25) is 4.98 Å². The predicted octanol–water partition coefficient (Wildman–Crippen LogP) is 3.47. The first-order valence-corrected chi connectivity index (χ1v) is 11.0. The van der Waals surface area contributed by atoms with Crippen molar-refractivity contribution in [3.05, 3.63) is 60.2 Å². The lowest BCUT2D eigenvalue weighted by molar-refractivity contribution is 0.122. The Bertz CT molecular complexity index is 1280. The Morgan fingerprint density at radius 1 is 1.09 bits per heavy atom. The summed E-state index contributed by atoms with van der Waals surface area (Å²) in [7, 11) is 0. The topological polar surface area (TPSA) is 90.6 Å². The van der Waals surface area contributed by atoms with Crippen molar-refractivity contribution in [2.45, 2.75) is 20.4 Å². The Kier molecular flexibility index (Phi) is 5.95. The van der Waals surface area contributed by atoms with Crippen LogP contribution in [0.2, 0.25) is 0 Å². The van der Waals surface area contributed by atoms with Crippen LogP contribution in [0.3, 0.4) is 0 Å². The monoisotopic (exact) mass is 443 g/mol. The standard InChI is InChI=1S/C24H25N7O2/c1-3-31-22(18-7-9-25-10-8-18)29-21-23(30-11-13-32-14-12-30)27-20(28-24(21)31)16-26-33-19-6-4-5-17(2)15-19/h4-10,15-16H,3,11-14H2,1-2H3. The van der Waals surface area contributed by atoms with Crippen molar-refractivity contribution < 1.29 is 9.57 Å². The van der Waals surface area contributed by atoms with Crippen molar-refractivity contribution in [3.8, 4) is 17.1 Å². The van der Waals surface area contributed by atoms with E-state index in [9.17, 15) is 0 Å². The van der Waals surface area contributed by atoms with Crippen LogP contribution in [0.25, 0.3) is 22.6 Å². The largest absolute Gasteiger partial charge is 0.378 e. The summed E-state index contributed by atoms with van der Waals surface area (Å²) >= 11 is 0. The molecule has 4 aromatic rings. The van der Waals surface area contributed by atoms with Gasteiger partial charge >= 0.3 is 0 Å². The van der Waals surface area contributed by atoms with Gasteiger partial charge in [-0.05, 0) is 43.7 Å². The fourth-order valence-electron chi connectivity index (χ4n) is 3.88. The lowest BCUT2D eigenvalue weighted by Crippen LogP contribution is -2.37. The zero-order valence-corrected chi connectivity index (χ0v) is 18.7. The highest BCUT2D eigenvalue weighted by Gasteiger charge is 2.23. The number of ether oxygens (including phenoxy) is 1. The maximum Gasteiger partial charge on any atom is 0.178 e. The molecule has 168 valence electrons. The summed E-state index contributed by atoms with van der Waals surface area (Å²) in [6.45, 7) is 7.59. The molecule has 0 unspecified atom stereocenters. The van der Waals surface area contributed by atoms with Crippen LogP contribution in [0, 0.1) is 6.92 Å². The number of benzene rings is 1. The molecule has 0 N–H and O–H groups in total. The van der Waals surface area contributed by atoms with E-state index in [-0.39, 0.29) is 0 Å². The Morgan fingerprint density at radius 3 is 2.67 bits per heavy atom. The Hall–Kier alpha value is -3.85. The normalized spacial score (nSPS) is 14.3. The Morgan fingerprint density at radius 2 is 1.91 bits per heavy atom. The van der Waals surface area contributed by atoms with E-state index < -0.39 is 0 Å². The minimum Gasteiger partial charge on any atom is -0.378 e. The van der Waals surface area contributed by atoms with Crippen molar-refractivity contribution in [1.29, 1.82) is 0 Å². The van der Waals surface area contributed by atoms with Crippen molar-refractivity contribution in [3.63, 3.8) is 0 Å². The molecule has 33 heavy (non-hydrogen) atoms. The van der Waals surface area contributed by atoms with E-state index in [1.54, 1.807) is 18.6 Å². The lowest BCUT2D eigenvalue weighted by Gasteiger charge is -2.27. The van der Waals surface area contributed by atoms with Crippen LogP contribution in [-0.2, 0) is 11.3 Å². The number of oxime groups is 1. The van der Waals surface area contributed by atoms with Gasteiger partial charge in [-0.15, -0.1) is 0 Å². The molecule has 0 spiro atoms. The van der Waals surface area contributed by atoms with Gasteiger partial charge < -0.3 is 19.0 Å². The van der Waals surface area contributed by atoms with E-state index in [0.717, 1.165) is 47.0 Å². The molecular formula is C24H25N7O2. The van der Waals surface area contributed by atoms with Gasteiger partial charge in [0, 0.05) is 37.6 Å². The van der Waals surface area contributed by atoms with Crippen LogP contribution in [0.5, 0.6) is 5.75 Å². The highest BCUT2D eigenvalue weighted by molar-refractivity contribution is 5.90. The Balaban J connectivity index is 1.58. The molecule has 0 aliphatic carbocycles. The van der Waals surface area contributed by atoms with Gasteiger partial charge in [0.25, 0.3) is 0 Å². The van der Waals surface area contributed by atoms with E-state index in [4.69, 9.17) is 24.5 Å². The SMILES string of the molecule is CCn1c(-c2ccncc2)nc2c(N3CCOCC3)nc(C=NOc3cccc(C)c3)nc21. The average molecular weight is 444 g/mol. The molecule has 3 aromatic heterocycles. The number of pyridine rings is 1. The minimum absolute atomic E-state index is 0.465. The fraction of sp³-hybridized carbons (Fsp3) is 0.292. The van der Waals surface area contributed by atoms with Crippen molar-refractivity contribution in [2.75, 3.05) is 31.2 Å². The van der Waals surface area contributed by atoms with Gasteiger partial charge in [0.2, 0.25) is 0 Å². The summed E-state index contributed by atoms with van der Waals surface area (Å²) in [5.74, 6) is 2.75. The summed E-state index contributed by atoms with van der Waals surface area (Å²) in [5, 5.41) is 4.14.